The molecular weight excluding hydrogens is 328 g/mol. The summed E-state index contributed by atoms with van der Waals surface area (Å²) >= 11 is 0.803. The minimum atomic E-state index is -3.40. The van der Waals surface area contributed by atoms with Crippen LogP contribution in [0.3, 0.4) is 0 Å². The van der Waals surface area contributed by atoms with Crippen LogP contribution in [0.1, 0.15) is 26.3 Å². The number of aromatic carboxylic acids is 1. The summed E-state index contributed by atoms with van der Waals surface area (Å²) in [6, 6.07) is 4.38. The Bertz CT molecular complexity index is 855. The van der Waals surface area contributed by atoms with Crippen molar-refractivity contribution >= 4 is 38.2 Å². The molecule has 0 aliphatic rings. The Morgan fingerprint density at radius 2 is 1.95 bits per heavy atom. The Morgan fingerprint density at radius 3 is 2.50 bits per heavy atom. The van der Waals surface area contributed by atoms with E-state index in [1.807, 2.05) is 0 Å². The number of anilines is 1. The van der Waals surface area contributed by atoms with Gasteiger partial charge in [-0.2, -0.15) is 0 Å². The van der Waals surface area contributed by atoms with Crippen LogP contribution < -0.4 is 5.32 Å². The fourth-order valence-corrected chi connectivity index (χ4v) is 3.32. The molecule has 2 aromatic rings. The van der Waals surface area contributed by atoms with Crippen LogP contribution in [0.4, 0.5) is 5.13 Å². The van der Waals surface area contributed by atoms with Gasteiger partial charge in [0, 0.05) is 6.26 Å². The number of amides is 1. The number of hydrogen-bond acceptors (Lipinski definition) is 6. The Kier molecular flexibility index (Phi) is 4.29. The summed E-state index contributed by atoms with van der Waals surface area (Å²) in [4.78, 5) is 27.2. The summed E-state index contributed by atoms with van der Waals surface area (Å²) < 4.78 is 22.8. The van der Waals surface area contributed by atoms with Gasteiger partial charge >= 0.3 is 5.97 Å². The van der Waals surface area contributed by atoms with Gasteiger partial charge in [0.05, 0.1) is 17.3 Å². The first-order chi connectivity index (χ1) is 10.2. The third kappa shape index (κ3) is 3.49. The van der Waals surface area contributed by atoms with Gasteiger partial charge in [0.1, 0.15) is 4.21 Å². The summed E-state index contributed by atoms with van der Waals surface area (Å²) in [6.07, 6.45) is 2.18. The van der Waals surface area contributed by atoms with E-state index in [0.29, 0.717) is 0 Å². The van der Waals surface area contributed by atoms with Crippen LogP contribution in [0.5, 0.6) is 0 Å². The van der Waals surface area contributed by atoms with Crippen molar-refractivity contribution in [3.8, 4) is 0 Å². The quantitative estimate of drug-likeness (QED) is 0.877. The SMILES string of the molecule is Cc1ccc(C(=O)O)c(C(=O)Nc2ncc(S(C)(=O)=O)s2)c1. The summed E-state index contributed by atoms with van der Waals surface area (Å²) in [5, 5.41) is 11.6. The van der Waals surface area contributed by atoms with E-state index in [-0.39, 0.29) is 20.5 Å². The summed E-state index contributed by atoms with van der Waals surface area (Å²) in [5.41, 5.74) is 0.581. The Labute approximate surface area is 130 Å². The molecule has 0 saturated heterocycles. The lowest BCUT2D eigenvalue weighted by molar-refractivity contribution is 0.0692. The number of nitrogens with one attached hydrogen (secondary N) is 1. The molecule has 116 valence electrons. The molecule has 0 aliphatic carbocycles. The van der Waals surface area contributed by atoms with Crippen molar-refractivity contribution in [2.24, 2.45) is 0 Å². The second-order valence-corrected chi connectivity index (χ2v) is 7.84. The molecule has 2 N–H and O–H groups in total. The fraction of sp³-hybridized carbons (Fsp3) is 0.154. The molecule has 1 aromatic heterocycles. The van der Waals surface area contributed by atoms with E-state index in [0.717, 1.165) is 29.4 Å². The molecule has 2 rings (SSSR count). The normalized spacial score (nSPS) is 11.2. The lowest BCUT2D eigenvalue weighted by Crippen LogP contribution is -2.16. The molecule has 0 atom stereocenters. The van der Waals surface area contributed by atoms with Crippen molar-refractivity contribution in [1.29, 1.82) is 0 Å². The van der Waals surface area contributed by atoms with Gasteiger partial charge in [-0.05, 0) is 19.1 Å². The predicted octanol–water partition coefficient (Wildman–Crippen LogP) is 1.81. The minimum absolute atomic E-state index is 0.0106. The molecule has 1 aromatic carbocycles. The van der Waals surface area contributed by atoms with E-state index < -0.39 is 21.7 Å². The molecule has 0 spiro atoms. The maximum Gasteiger partial charge on any atom is 0.336 e. The van der Waals surface area contributed by atoms with Crippen LogP contribution in [0.25, 0.3) is 0 Å². The summed E-state index contributed by atoms with van der Waals surface area (Å²) in [7, 11) is -3.40. The van der Waals surface area contributed by atoms with Gasteiger partial charge in [-0.1, -0.05) is 23.0 Å². The first-order valence-electron chi connectivity index (χ1n) is 5.99. The zero-order valence-electron chi connectivity index (χ0n) is 11.7. The number of carboxylic acid groups (broad SMARTS) is 1. The fourth-order valence-electron chi connectivity index (χ4n) is 1.69. The number of sulfone groups is 1. The highest BCUT2D eigenvalue weighted by Gasteiger charge is 2.19. The van der Waals surface area contributed by atoms with Crippen molar-refractivity contribution in [1.82, 2.24) is 4.98 Å². The third-order valence-electron chi connectivity index (χ3n) is 2.72. The monoisotopic (exact) mass is 340 g/mol. The Morgan fingerprint density at radius 1 is 1.27 bits per heavy atom. The van der Waals surface area contributed by atoms with Crippen LogP contribution in [0.2, 0.25) is 0 Å². The summed E-state index contributed by atoms with van der Waals surface area (Å²) in [6.45, 7) is 1.73. The van der Waals surface area contributed by atoms with E-state index >= 15 is 0 Å². The second-order valence-electron chi connectivity index (χ2n) is 4.56. The molecule has 7 nitrogen and oxygen atoms in total. The van der Waals surface area contributed by atoms with Crippen LogP contribution >= 0.6 is 11.3 Å². The molecule has 0 unspecified atom stereocenters. The highest BCUT2D eigenvalue weighted by molar-refractivity contribution is 7.92. The molecule has 22 heavy (non-hydrogen) atoms. The van der Waals surface area contributed by atoms with Gasteiger partial charge in [-0.3, -0.25) is 10.1 Å². The van der Waals surface area contributed by atoms with E-state index in [9.17, 15) is 18.0 Å². The van der Waals surface area contributed by atoms with Crippen molar-refractivity contribution < 1.29 is 23.1 Å². The molecule has 0 bridgehead atoms. The smallest absolute Gasteiger partial charge is 0.336 e. The number of rotatable bonds is 4. The van der Waals surface area contributed by atoms with Gasteiger partial charge in [0.2, 0.25) is 0 Å². The van der Waals surface area contributed by atoms with Crippen molar-refractivity contribution in [3.05, 3.63) is 41.1 Å². The highest BCUT2D eigenvalue weighted by atomic mass is 32.2. The van der Waals surface area contributed by atoms with E-state index in [4.69, 9.17) is 5.11 Å². The number of aromatic nitrogens is 1. The van der Waals surface area contributed by atoms with E-state index in [2.05, 4.69) is 10.3 Å². The number of nitrogens with zero attached hydrogens (tertiary/aromatic N) is 1. The minimum Gasteiger partial charge on any atom is -0.478 e. The number of aryl methyl sites for hydroxylation is 1. The molecule has 1 amide bonds. The maximum absolute atomic E-state index is 12.2. The Hall–Kier alpha value is -2.26. The van der Waals surface area contributed by atoms with Gasteiger partial charge < -0.3 is 5.11 Å². The number of hydrogen-bond donors (Lipinski definition) is 2. The van der Waals surface area contributed by atoms with Gasteiger partial charge in [0.25, 0.3) is 5.91 Å². The predicted molar refractivity (Wildman–Crippen MR) is 81.3 cm³/mol. The molecule has 9 heteroatoms. The molecule has 0 fully saturated rings. The lowest BCUT2D eigenvalue weighted by atomic mass is 10.0. The zero-order chi connectivity index (χ0) is 16.5. The van der Waals surface area contributed by atoms with Crippen LogP contribution in [-0.2, 0) is 9.84 Å². The lowest BCUT2D eigenvalue weighted by Gasteiger charge is -2.06. The number of thiazole rings is 1. The highest BCUT2D eigenvalue weighted by Crippen LogP contribution is 2.23. The number of carboxylic acids is 1. The van der Waals surface area contributed by atoms with Gasteiger partial charge in [0.15, 0.2) is 15.0 Å². The average Bonchev–Trinajstić information content (AvgIpc) is 2.86. The summed E-state index contributed by atoms with van der Waals surface area (Å²) in [5.74, 6) is -1.88. The number of benzene rings is 1. The van der Waals surface area contributed by atoms with E-state index in [1.165, 1.54) is 12.1 Å². The molecule has 1 heterocycles. The first kappa shape index (κ1) is 16.1. The second kappa shape index (κ2) is 5.85. The standard InChI is InChI=1S/C13H12N2O5S2/c1-7-3-4-8(12(17)18)9(5-7)11(16)15-13-14-6-10(21-13)22(2,19)20/h3-6H,1-2H3,(H,17,18)(H,14,15,16). The number of carbonyl (C=O) groups excluding carboxylic acids is 1. The van der Waals surface area contributed by atoms with Gasteiger partial charge in [-0.25, -0.2) is 18.2 Å². The molecule has 0 saturated carbocycles. The molecular formula is C13H12N2O5S2. The zero-order valence-corrected chi connectivity index (χ0v) is 13.3. The number of carbonyl (C=O) groups is 2. The van der Waals surface area contributed by atoms with E-state index in [1.54, 1.807) is 13.0 Å². The largest absolute Gasteiger partial charge is 0.478 e. The van der Waals surface area contributed by atoms with Gasteiger partial charge in [-0.15, -0.1) is 0 Å². The van der Waals surface area contributed by atoms with Crippen LogP contribution in [-0.4, -0.2) is 36.6 Å². The van der Waals surface area contributed by atoms with Crippen molar-refractivity contribution in [3.63, 3.8) is 0 Å². The van der Waals surface area contributed by atoms with Crippen LogP contribution in [0.15, 0.2) is 28.6 Å². The molecule has 0 radical (unpaired) electrons. The first-order valence-corrected chi connectivity index (χ1v) is 8.70. The maximum atomic E-state index is 12.2. The Balaban J connectivity index is 2.32. The third-order valence-corrected chi connectivity index (χ3v) is 5.42. The molecule has 0 aliphatic heterocycles. The van der Waals surface area contributed by atoms with Crippen molar-refractivity contribution in [2.45, 2.75) is 11.1 Å². The van der Waals surface area contributed by atoms with Crippen molar-refractivity contribution in [2.75, 3.05) is 11.6 Å². The average molecular weight is 340 g/mol. The topological polar surface area (TPSA) is 113 Å². The van der Waals surface area contributed by atoms with Crippen LogP contribution in [0, 0.1) is 6.92 Å².